The Kier molecular flexibility index (Phi) is 6.69. The molecule has 192 valence electrons. The molecule has 2 fully saturated rings. The van der Waals surface area contributed by atoms with E-state index in [-0.39, 0.29) is 34.6 Å². The summed E-state index contributed by atoms with van der Waals surface area (Å²) >= 11 is 5.79. The van der Waals surface area contributed by atoms with Crippen molar-refractivity contribution in [3.63, 3.8) is 0 Å². The van der Waals surface area contributed by atoms with Crippen LogP contribution in [0.1, 0.15) is 51.5 Å². The number of halogens is 3. The predicted molar refractivity (Wildman–Crippen MR) is 132 cm³/mol. The summed E-state index contributed by atoms with van der Waals surface area (Å²) in [6, 6.07) is 2.14. The van der Waals surface area contributed by atoms with Gasteiger partial charge in [-0.15, -0.1) is 0 Å². The molecule has 1 saturated carbocycles. The minimum absolute atomic E-state index is 0.0447. The number of anilines is 3. The van der Waals surface area contributed by atoms with Crippen LogP contribution in [0.25, 0.3) is 11.2 Å². The molecule has 4 N–H and O–H groups in total. The first kappa shape index (κ1) is 24.6. The van der Waals surface area contributed by atoms with Gasteiger partial charge in [-0.05, 0) is 50.7 Å². The lowest BCUT2D eigenvalue weighted by Gasteiger charge is -2.35. The zero-order valence-corrected chi connectivity index (χ0v) is 20.6. The number of hydrogen-bond donors (Lipinski definition) is 3. The number of benzene rings is 1. The molecule has 9 nitrogen and oxygen atoms in total. The number of nitrogens with one attached hydrogen (secondary N) is 2. The smallest absolute Gasteiger partial charge is 0.224 e. The number of nitrogens with zero attached hydrogens (tertiary/aromatic N) is 4. The molecule has 5 rings (SSSR count). The number of primary amides is 1. The van der Waals surface area contributed by atoms with Crippen LogP contribution in [0.2, 0.25) is 5.02 Å². The molecule has 0 spiro atoms. The fraction of sp³-hybridized carbons (Fsp3) is 0.500. The molecule has 1 aliphatic heterocycles. The number of carbonyl (C=O) groups excluding carboxylic acids is 1. The van der Waals surface area contributed by atoms with Gasteiger partial charge in [0.25, 0.3) is 0 Å². The summed E-state index contributed by atoms with van der Waals surface area (Å²) in [5.74, 6) is -1.32. The second-order valence-electron chi connectivity index (χ2n) is 9.76. The van der Waals surface area contributed by atoms with Crippen LogP contribution in [0, 0.1) is 17.0 Å². The number of aromatic nitrogens is 4. The average molecular weight is 520 g/mol. The third-order valence-electron chi connectivity index (χ3n) is 7.25. The van der Waals surface area contributed by atoms with Gasteiger partial charge in [0, 0.05) is 35.7 Å². The summed E-state index contributed by atoms with van der Waals surface area (Å²) in [4.78, 5) is 25.7. The van der Waals surface area contributed by atoms with E-state index < -0.39 is 17.0 Å². The molecule has 1 aliphatic carbocycles. The Morgan fingerprint density at radius 2 is 1.83 bits per heavy atom. The topological polar surface area (TPSA) is 120 Å². The van der Waals surface area contributed by atoms with Gasteiger partial charge in [0.15, 0.2) is 17.3 Å². The van der Waals surface area contributed by atoms with Gasteiger partial charge in [0.05, 0.1) is 6.20 Å². The molecular formula is C24H28ClF2N7O2. The predicted octanol–water partition coefficient (Wildman–Crippen LogP) is 4.70. The van der Waals surface area contributed by atoms with Crippen molar-refractivity contribution in [1.29, 1.82) is 0 Å². The Morgan fingerprint density at radius 3 is 2.47 bits per heavy atom. The molecule has 12 heteroatoms. The molecular weight excluding hydrogens is 492 g/mol. The summed E-state index contributed by atoms with van der Waals surface area (Å²) in [6.45, 7) is 3.21. The highest BCUT2D eigenvalue weighted by atomic mass is 35.5. The highest BCUT2D eigenvalue weighted by Crippen LogP contribution is 2.43. The van der Waals surface area contributed by atoms with Crippen LogP contribution in [-0.2, 0) is 9.53 Å². The van der Waals surface area contributed by atoms with Gasteiger partial charge in [-0.1, -0.05) is 18.5 Å². The minimum Gasteiger partial charge on any atom is -0.381 e. The van der Waals surface area contributed by atoms with Crippen molar-refractivity contribution in [2.45, 2.75) is 57.5 Å². The Bertz CT molecular complexity index is 1260. The van der Waals surface area contributed by atoms with Gasteiger partial charge in [-0.2, -0.15) is 4.98 Å². The van der Waals surface area contributed by atoms with Crippen molar-refractivity contribution in [3.8, 4) is 0 Å². The minimum atomic E-state index is -0.837. The lowest BCUT2D eigenvalue weighted by Crippen LogP contribution is -2.38. The Labute approximate surface area is 211 Å². The van der Waals surface area contributed by atoms with Crippen molar-refractivity contribution >= 4 is 46.3 Å². The fourth-order valence-electron chi connectivity index (χ4n) is 4.94. The normalized spacial score (nSPS) is 23.1. The van der Waals surface area contributed by atoms with Crippen LogP contribution in [0.5, 0.6) is 0 Å². The molecule has 3 heterocycles. The van der Waals surface area contributed by atoms with Crippen LogP contribution in [-0.4, -0.2) is 44.7 Å². The number of imidazole rings is 1. The van der Waals surface area contributed by atoms with Crippen molar-refractivity contribution in [2.75, 3.05) is 23.8 Å². The molecule has 2 aromatic heterocycles. The van der Waals surface area contributed by atoms with Crippen molar-refractivity contribution in [1.82, 2.24) is 19.5 Å². The maximum atomic E-state index is 14.6. The first-order valence-corrected chi connectivity index (χ1v) is 12.4. The fourth-order valence-corrected chi connectivity index (χ4v) is 5.13. The number of ether oxygens (including phenoxy) is 1. The van der Waals surface area contributed by atoms with E-state index in [0.717, 1.165) is 25.0 Å². The van der Waals surface area contributed by atoms with E-state index in [1.54, 1.807) is 6.20 Å². The molecule has 0 radical (unpaired) electrons. The third kappa shape index (κ3) is 4.81. The van der Waals surface area contributed by atoms with E-state index in [9.17, 15) is 13.6 Å². The number of rotatable bonds is 6. The van der Waals surface area contributed by atoms with Crippen LogP contribution in [0.15, 0.2) is 18.3 Å². The zero-order chi connectivity index (χ0) is 25.4. The summed E-state index contributed by atoms with van der Waals surface area (Å²) in [5, 5.41) is 6.12. The van der Waals surface area contributed by atoms with Crippen molar-refractivity contribution in [3.05, 3.63) is 35.0 Å². The lowest BCUT2D eigenvalue weighted by molar-refractivity contribution is -0.128. The maximum absolute atomic E-state index is 14.6. The molecule has 0 bridgehead atoms. The third-order valence-corrected chi connectivity index (χ3v) is 7.47. The quantitative estimate of drug-likeness (QED) is 0.431. The molecule has 1 amide bonds. The maximum Gasteiger partial charge on any atom is 0.224 e. The Balaban J connectivity index is 1.53. The number of carbonyl (C=O) groups is 1. The second kappa shape index (κ2) is 9.78. The highest BCUT2D eigenvalue weighted by Gasteiger charge is 2.38. The van der Waals surface area contributed by atoms with Crippen LogP contribution in [0.4, 0.5) is 26.4 Å². The Morgan fingerprint density at radius 1 is 1.17 bits per heavy atom. The molecule has 3 aromatic rings. The average Bonchev–Trinajstić information content (AvgIpc) is 3.20. The standard InChI is InChI=1S/C24H28ClF2N7O2/c1-24(21(28)35)6-2-15(3-7-24)34-20-18(12-29-22(33-20)30-14-4-8-36-9-5-14)31-23(34)32-19-16(26)10-13(25)11-17(19)27/h10-12,14-15H,2-9H2,1H3,(H2,28,35)(H,31,32)(H,29,30,33)/t15-,24-. The SMILES string of the molecule is C[C@]1(C(N)=O)CC[C@H](n2c(Nc3c(F)cc(Cl)cc3F)nc3cnc(NC4CCOCC4)nc32)CC1. The van der Waals surface area contributed by atoms with Crippen LogP contribution >= 0.6 is 11.6 Å². The highest BCUT2D eigenvalue weighted by molar-refractivity contribution is 6.30. The van der Waals surface area contributed by atoms with Crippen LogP contribution < -0.4 is 16.4 Å². The van der Waals surface area contributed by atoms with E-state index in [2.05, 4.69) is 20.6 Å². The van der Waals surface area contributed by atoms with E-state index >= 15 is 0 Å². The summed E-state index contributed by atoms with van der Waals surface area (Å²) in [5.41, 5.74) is 5.70. The van der Waals surface area contributed by atoms with Gasteiger partial charge in [0.2, 0.25) is 17.8 Å². The summed E-state index contributed by atoms with van der Waals surface area (Å²) in [6.07, 6.45) is 5.68. The monoisotopic (exact) mass is 519 g/mol. The number of hydrogen-bond acceptors (Lipinski definition) is 7. The van der Waals surface area contributed by atoms with E-state index in [1.807, 2.05) is 11.5 Å². The number of amides is 1. The van der Waals surface area contributed by atoms with Gasteiger partial charge in [-0.25, -0.2) is 18.7 Å². The van der Waals surface area contributed by atoms with E-state index in [4.69, 9.17) is 27.1 Å². The largest absolute Gasteiger partial charge is 0.381 e. The van der Waals surface area contributed by atoms with Crippen molar-refractivity contribution in [2.24, 2.45) is 11.1 Å². The second-order valence-corrected chi connectivity index (χ2v) is 10.2. The molecule has 0 unspecified atom stereocenters. The zero-order valence-electron chi connectivity index (χ0n) is 19.9. The Hall–Kier alpha value is -3.05. The molecule has 2 aliphatic rings. The van der Waals surface area contributed by atoms with Gasteiger partial charge in [-0.3, -0.25) is 9.36 Å². The van der Waals surface area contributed by atoms with Gasteiger partial charge >= 0.3 is 0 Å². The summed E-state index contributed by atoms with van der Waals surface area (Å²) < 4.78 is 36.5. The molecule has 1 saturated heterocycles. The van der Waals surface area contributed by atoms with Gasteiger partial charge in [0.1, 0.15) is 11.2 Å². The first-order valence-electron chi connectivity index (χ1n) is 12.0. The number of nitrogens with two attached hydrogens (primary N) is 1. The molecule has 0 atom stereocenters. The van der Waals surface area contributed by atoms with E-state index in [1.165, 1.54) is 0 Å². The lowest BCUT2D eigenvalue weighted by atomic mass is 9.73. The molecule has 1 aromatic carbocycles. The molecule has 36 heavy (non-hydrogen) atoms. The number of fused-ring (bicyclic) bond motifs is 1. The summed E-state index contributed by atoms with van der Waals surface area (Å²) in [7, 11) is 0. The van der Waals surface area contributed by atoms with Crippen molar-refractivity contribution < 1.29 is 18.3 Å². The van der Waals surface area contributed by atoms with Crippen LogP contribution in [0.3, 0.4) is 0 Å². The van der Waals surface area contributed by atoms with Gasteiger partial charge < -0.3 is 21.1 Å². The van der Waals surface area contributed by atoms with E-state index in [0.29, 0.717) is 56.0 Å². The first-order chi connectivity index (χ1) is 17.2.